The van der Waals surface area contributed by atoms with Gasteiger partial charge in [-0.2, -0.15) is 0 Å². The van der Waals surface area contributed by atoms with Crippen molar-refractivity contribution in [3.63, 3.8) is 0 Å². The van der Waals surface area contributed by atoms with Gasteiger partial charge in [0.1, 0.15) is 18.2 Å². The third-order valence-electron chi connectivity index (χ3n) is 6.74. The van der Waals surface area contributed by atoms with Crippen LogP contribution in [0.25, 0.3) is 11.0 Å². The number of rotatable bonds is 12. The Balaban J connectivity index is 1.31. The van der Waals surface area contributed by atoms with E-state index in [-0.39, 0.29) is 5.91 Å². The molecule has 0 fully saturated rings. The summed E-state index contributed by atoms with van der Waals surface area (Å²) in [6.07, 6.45) is 3.92. The minimum absolute atomic E-state index is 0.000253. The summed E-state index contributed by atoms with van der Waals surface area (Å²) >= 11 is 0. The van der Waals surface area contributed by atoms with Gasteiger partial charge in [0.2, 0.25) is 0 Å². The fourth-order valence-electron chi connectivity index (χ4n) is 4.73. The van der Waals surface area contributed by atoms with Crippen LogP contribution in [0, 0.1) is 13.8 Å². The summed E-state index contributed by atoms with van der Waals surface area (Å²) in [6.45, 7) is 10.6. The van der Waals surface area contributed by atoms with Crippen molar-refractivity contribution in [3.05, 3.63) is 94.8 Å². The first kappa shape index (κ1) is 26.5. The number of benzene rings is 3. The van der Waals surface area contributed by atoms with Crippen LogP contribution in [0.3, 0.4) is 0 Å². The molecule has 5 nitrogen and oxygen atoms in total. The van der Waals surface area contributed by atoms with Crippen LogP contribution in [0.15, 0.2) is 66.7 Å². The summed E-state index contributed by atoms with van der Waals surface area (Å²) in [6, 6.07) is 22.5. The summed E-state index contributed by atoms with van der Waals surface area (Å²) in [7, 11) is 0. The van der Waals surface area contributed by atoms with Gasteiger partial charge in [0, 0.05) is 18.5 Å². The molecular formula is C32H39N3O2. The Morgan fingerprint density at radius 3 is 2.57 bits per heavy atom. The molecular weight excluding hydrogens is 458 g/mol. The average molecular weight is 498 g/mol. The van der Waals surface area contributed by atoms with Gasteiger partial charge < -0.3 is 14.6 Å². The van der Waals surface area contributed by atoms with E-state index in [0.717, 1.165) is 66.0 Å². The first-order valence-corrected chi connectivity index (χ1v) is 13.4. The highest BCUT2D eigenvalue weighted by molar-refractivity contribution is 5.94. The fraction of sp³-hybridized carbons (Fsp3) is 0.375. The van der Waals surface area contributed by atoms with Gasteiger partial charge in [-0.1, -0.05) is 62.2 Å². The van der Waals surface area contributed by atoms with Gasteiger partial charge in [-0.15, -0.1) is 0 Å². The van der Waals surface area contributed by atoms with Gasteiger partial charge in [0.05, 0.1) is 17.6 Å². The van der Waals surface area contributed by atoms with E-state index in [4.69, 9.17) is 9.72 Å². The fourth-order valence-corrected chi connectivity index (χ4v) is 4.73. The second kappa shape index (κ2) is 12.6. The number of amides is 1. The van der Waals surface area contributed by atoms with E-state index >= 15 is 0 Å². The maximum absolute atomic E-state index is 12.3. The maximum atomic E-state index is 12.3. The van der Waals surface area contributed by atoms with E-state index in [1.54, 1.807) is 0 Å². The molecule has 0 aliphatic heterocycles. The van der Waals surface area contributed by atoms with E-state index in [0.29, 0.717) is 19.1 Å². The van der Waals surface area contributed by atoms with E-state index in [2.05, 4.69) is 67.1 Å². The SMILES string of the molecule is Cc1cccc(C(=O)NCCCCCc2nc3ccccc3n2CCOc2cc(C)ccc2C(C)C)c1. The van der Waals surface area contributed by atoms with Crippen molar-refractivity contribution in [3.8, 4) is 5.75 Å². The summed E-state index contributed by atoms with van der Waals surface area (Å²) in [4.78, 5) is 17.3. The van der Waals surface area contributed by atoms with Crippen molar-refractivity contribution >= 4 is 16.9 Å². The summed E-state index contributed by atoms with van der Waals surface area (Å²) in [5.41, 5.74) is 6.46. The molecule has 1 heterocycles. The Morgan fingerprint density at radius 1 is 0.946 bits per heavy atom. The second-order valence-corrected chi connectivity index (χ2v) is 10.1. The van der Waals surface area contributed by atoms with Crippen LogP contribution in [-0.4, -0.2) is 28.6 Å². The zero-order chi connectivity index (χ0) is 26.2. The van der Waals surface area contributed by atoms with Gasteiger partial charge in [-0.25, -0.2) is 4.98 Å². The van der Waals surface area contributed by atoms with E-state index in [1.807, 2.05) is 37.3 Å². The lowest BCUT2D eigenvalue weighted by Crippen LogP contribution is -2.24. The van der Waals surface area contributed by atoms with Gasteiger partial charge in [-0.3, -0.25) is 4.79 Å². The van der Waals surface area contributed by atoms with Gasteiger partial charge in [0.15, 0.2) is 0 Å². The predicted molar refractivity (Wildman–Crippen MR) is 152 cm³/mol. The molecule has 0 spiro atoms. The molecule has 37 heavy (non-hydrogen) atoms. The van der Waals surface area contributed by atoms with Crippen LogP contribution in [0.4, 0.5) is 0 Å². The molecule has 3 aromatic carbocycles. The number of nitrogens with one attached hydrogen (secondary N) is 1. The van der Waals surface area contributed by atoms with Crippen molar-refractivity contribution in [2.75, 3.05) is 13.2 Å². The monoisotopic (exact) mass is 497 g/mol. The molecule has 0 atom stereocenters. The van der Waals surface area contributed by atoms with Crippen molar-refractivity contribution in [1.29, 1.82) is 0 Å². The molecule has 0 aliphatic carbocycles. The smallest absolute Gasteiger partial charge is 0.251 e. The highest BCUT2D eigenvalue weighted by Crippen LogP contribution is 2.28. The lowest BCUT2D eigenvalue weighted by atomic mass is 10.0. The van der Waals surface area contributed by atoms with Gasteiger partial charge >= 0.3 is 0 Å². The highest BCUT2D eigenvalue weighted by Gasteiger charge is 2.12. The number of nitrogens with zero attached hydrogens (tertiary/aromatic N) is 2. The van der Waals surface area contributed by atoms with Crippen LogP contribution in [0.2, 0.25) is 0 Å². The summed E-state index contributed by atoms with van der Waals surface area (Å²) in [5, 5.41) is 3.04. The number of unbranched alkanes of at least 4 members (excludes halogenated alkanes) is 2. The number of hydrogen-bond donors (Lipinski definition) is 1. The molecule has 1 amide bonds. The predicted octanol–water partition coefficient (Wildman–Crippen LogP) is 7.00. The number of hydrogen-bond acceptors (Lipinski definition) is 3. The molecule has 0 aliphatic rings. The van der Waals surface area contributed by atoms with Crippen molar-refractivity contribution < 1.29 is 9.53 Å². The number of ether oxygens (including phenoxy) is 1. The van der Waals surface area contributed by atoms with Crippen LogP contribution >= 0.6 is 0 Å². The lowest BCUT2D eigenvalue weighted by molar-refractivity contribution is 0.0953. The number of aryl methyl sites for hydroxylation is 3. The number of imidazole rings is 1. The van der Waals surface area contributed by atoms with E-state index in [9.17, 15) is 4.79 Å². The molecule has 0 bridgehead atoms. The first-order valence-electron chi connectivity index (χ1n) is 13.4. The second-order valence-electron chi connectivity index (χ2n) is 10.1. The minimum atomic E-state index is -0.000253. The molecule has 1 N–H and O–H groups in total. The Bertz CT molecular complexity index is 1340. The van der Waals surface area contributed by atoms with E-state index < -0.39 is 0 Å². The molecule has 0 saturated heterocycles. The number of carbonyl (C=O) groups excluding carboxylic acids is 1. The summed E-state index contributed by atoms with van der Waals surface area (Å²) < 4.78 is 8.60. The average Bonchev–Trinajstić information content (AvgIpc) is 3.23. The molecule has 4 aromatic rings. The van der Waals surface area contributed by atoms with Crippen molar-refractivity contribution in [2.24, 2.45) is 0 Å². The Kier molecular flexibility index (Phi) is 8.99. The zero-order valence-corrected chi connectivity index (χ0v) is 22.6. The number of para-hydroxylation sites is 2. The molecule has 194 valence electrons. The molecule has 4 rings (SSSR count). The normalized spacial score (nSPS) is 11.3. The Labute approximate surface area is 220 Å². The molecule has 0 saturated carbocycles. The number of fused-ring (bicyclic) bond motifs is 1. The Morgan fingerprint density at radius 2 is 1.76 bits per heavy atom. The van der Waals surface area contributed by atoms with Crippen molar-refractivity contribution in [2.45, 2.75) is 65.8 Å². The largest absolute Gasteiger partial charge is 0.491 e. The quantitative estimate of drug-likeness (QED) is 0.214. The third-order valence-corrected chi connectivity index (χ3v) is 6.74. The number of aromatic nitrogens is 2. The maximum Gasteiger partial charge on any atom is 0.251 e. The topological polar surface area (TPSA) is 56.2 Å². The molecule has 5 heteroatoms. The standard InChI is InChI=1S/C32H39N3O2/c1-23(2)27-17-16-25(4)22-30(27)37-20-19-35-29-14-8-7-13-28(29)34-31(35)15-6-5-9-18-33-32(36)26-12-10-11-24(3)21-26/h7-8,10-14,16-17,21-23H,5-6,9,15,18-20H2,1-4H3,(H,33,36). The lowest BCUT2D eigenvalue weighted by Gasteiger charge is -2.16. The Hall–Kier alpha value is -3.60. The zero-order valence-electron chi connectivity index (χ0n) is 22.6. The molecule has 0 unspecified atom stereocenters. The van der Waals surface area contributed by atoms with Crippen LogP contribution < -0.4 is 10.1 Å². The number of carbonyl (C=O) groups is 1. The molecule has 0 radical (unpaired) electrons. The van der Waals surface area contributed by atoms with Gasteiger partial charge in [-0.05, 0) is 74.1 Å². The van der Waals surface area contributed by atoms with Crippen molar-refractivity contribution in [1.82, 2.24) is 14.9 Å². The van der Waals surface area contributed by atoms with Crippen LogP contribution in [0.5, 0.6) is 5.75 Å². The van der Waals surface area contributed by atoms with E-state index in [1.165, 1.54) is 11.1 Å². The van der Waals surface area contributed by atoms with Crippen LogP contribution in [-0.2, 0) is 13.0 Å². The highest BCUT2D eigenvalue weighted by atomic mass is 16.5. The molecule has 1 aromatic heterocycles. The van der Waals surface area contributed by atoms with Crippen LogP contribution in [0.1, 0.15) is 71.9 Å². The minimum Gasteiger partial charge on any atom is -0.491 e. The third kappa shape index (κ3) is 7.00. The summed E-state index contributed by atoms with van der Waals surface area (Å²) in [5.74, 6) is 2.50. The van der Waals surface area contributed by atoms with Gasteiger partial charge in [0.25, 0.3) is 5.91 Å². The first-order chi connectivity index (χ1) is 17.9.